The summed E-state index contributed by atoms with van der Waals surface area (Å²) < 4.78 is 42.5. The van der Waals surface area contributed by atoms with Gasteiger partial charge in [0, 0.05) is 6.54 Å². The molecule has 0 spiro atoms. The lowest BCUT2D eigenvalue weighted by molar-refractivity contribution is -0.137. The molecule has 0 bridgehead atoms. The second-order valence-electron chi connectivity index (χ2n) is 4.70. The average molecular weight is 297 g/mol. The molecule has 0 saturated heterocycles. The lowest BCUT2D eigenvalue weighted by Crippen LogP contribution is -2.23. The zero-order chi connectivity index (χ0) is 15.6. The van der Waals surface area contributed by atoms with Crippen LogP contribution in [0.15, 0.2) is 34.7 Å². The van der Waals surface area contributed by atoms with Crippen molar-refractivity contribution in [1.29, 1.82) is 0 Å². The average Bonchev–Trinajstić information content (AvgIpc) is 2.74. The minimum Gasteiger partial charge on any atom is -0.466 e. The molecule has 0 unspecified atom stereocenters. The van der Waals surface area contributed by atoms with E-state index in [-0.39, 0.29) is 12.5 Å². The maximum atomic E-state index is 12.4. The van der Waals surface area contributed by atoms with Crippen molar-refractivity contribution in [2.24, 2.45) is 0 Å². The van der Waals surface area contributed by atoms with Crippen molar-refractivity contribution in [2.45, 2.75) is 26.6 Å². The predicted octanol–water partition coefficient (Wildman–Crippen LogP) is 3.85. The van der Waals surface area contributed by atoms with Crippen molar-refractivity contribution in [3.63, 3.8) is 0 Å². The molecule has 2 aromatic rings. The van der Waals surface area contributed by atoms with Gasteiger partial charge in [0.05, 0.1) is 11.1 Å². The molecular weight excluding hydrogens is 283 g/mol. The monoisotopic (exact) mass is 297 g/mol. The summed E-state index contributed by atoms with van der Waals surface area (Å²) in [5, 5.41) is 2.65. The first-order valence-electron chi connectivity index (χ1n) is 6.29. The Morgan fingerprint density at radius 2 is 1.81 bits per heavy atom. The van der Waals surface area contributed by atoms with Crippen LogP contribution in [0.25, 0.3) is 0 Å². The smallest absolute Gasteiger partial charge is 0.416 e. The third kappa shape index (κ3) is 3.65. The largest absolute Gasteiger partial charge is 0.466 e. The molecule has 0 radical (unpaired) electrons. The lowest BCUT2D eigenvalue weighted by atomic mass is 10.1. The molecule has 6 heteroatoms. The van der Waals surface area contributed by atoms with Gasteiger partial charge in [-0.1, -0.05) is 12.1 Å². The fraction of sp³-hybridized carbons (Fsp3) is 0.267. The van der Waals surface area contributed by atoms with Gasteiger partial charge in [0.2, 0.25) is 0 Å². The number of furan rings is 1. The molecule has 0 aliphatic carbocycles. The second kappa shape index (κ2) is 5.63. The van der Waals surface area contributed by atoms with Gasteiger partial charge in [-0.3, -0.25) is 4.79 Å². The molecule has 1 heterocycles. The van der Waals surface area contributed by atoms with Crippen molar-refractivity contribution in [3.8, 4) is 0 Å². The maximum Gasteiger partial charge on any atom is 0.416 e. The summed E-state index contributed by atoms with van der Waals surface area (Å²) in [6.45, 7) is 3.57. The molecule has 0 atom stereocenters. The molecule has 2 rings (SSSR count). The highest BCUT2D eigenvalue weighted by Crippen LogP contribution is 2.29. The number of rotatable bonds is 3. The van der Waals surface area contributed by atoms with Crippen LogP contribution in [0, 0.1) is 13.8 Å². The van der Waals surface area contributed by atoms with E-state index in [4.69, 9.17) is 4.42 Å². The van der Waals surface area contributed by atoms with Crippen LogP contribution >= 0.6 is 0 Å². The molecule has 112 valence electrons. The highest BCUT2D eigenvalue weighted by Gasteiger charge is 2.29. The SMILES string of the molecule is Cc1cc(C(=O)NCc2ccc(C(F)(F)F)cc2)c(C)o1. The van der Waals surface area contributed by atoms with Gasteiger partial charge < -0.3 is 9.73 Å². The molecule has 0 saturated carbocycles. The van der Waals surface area contributed by atoms with Crippen molar-refractivity contribution in [2.75, 3.05) is 0 Å². The summed E-state index contributed by atoms with van der Waals surface area (Å²) in [7, 11) is 0. The van der Waals surface area contributed by atoms with E-state index in [0.29, 0.717) is 22.6 Å². The number of hydrogen-bond donors (Lipinski definition) is 1. The fourth-order valence-corrected chi connectivity index (χ4v) is 1.95. The van der Waals surface area contributed by atoms with Crippen molar-refractivity contribution in [1.82, 2.24) is 5.32 Å². The van der Waals surface area contributed by atoms with Crippen LogP contribution in [-0.4, -0.2) is 5.91 Å². The highest BCUT2D eigenvalue weighted by atomic mass is 19.4. The van der Waals surface area contributed by atoms with Crippen molar-refractivity contribution >= 4 is 5.91 Å². The number of alkyl halides is 3. The molecular formula is C15H14F3NO2. The van der Waals surface area contributed by atoms with E-state index in [0.717, 1.165) is 12.1 Å². The number of carbonyl (C=O) groups is 1. The molecule has 0 fully saturated rings. The summed E-state index contributed by atoms with van der Waals surface area (Å²) >= 11 is 0. The van der Waals surface area contributed by atoms with Gasteiger partial charge >= 0.3 is 6.18 Å². The standard InChI is InChI=1S/C15H14F3NO2/c1-9-7-13(10(2)21-9)14(20)19-8-11-3-5-12(6-4-11)15(16,17)18/h3-7H,8H2,1-2H3,(H,19,20). The van der Waals surface area contributed by atoms with Crippen LogP contribution in [-0.2, 0) is 12.7 Å². The van der Waals surface area contributed by atoms with Gasteiger partial charge in [0.25, 0.3) is 5.91 Å². The number of halogens is 3. The number of aryl methyl sites for hydroxylation is 2. The Hall–Kier alpha value is -2.24. The molecule has 0 aliphatic heterocycles. The minimum absolute atomic E-state index is 0.153. The molecule has 1 aromatic carbocycles. The maximum absolute atomic E-state index is 12.4. The predicted molar refractivity (Wildman–Crippen MR) is 70.8 cm³/mol. The van der Waals surface area contributed by atoms with Gasteiger partial charge in [-0.15, -0.1) is 0 Å². The first-order valence-corrected chi connectivity index (χ1v) is 6.29. The van der Waals surface area contributed by atoms with E-state index in [1.807, 2.05) is 0 Å². The Morgan fingerprint density at radius 1 is 1.19 bits per heavy atom. The lowest BCUT2D eigenvalue weighted by Gasteiger charge is -2.08. The number of benzene rings is 1. The quantitative estimate of drug-likeness (QED) is 0.935. The third-order valence-electron chi connectivity index (χ3n) is 3.02. The topological polar surface area (TPSA) is 42.2 Å². The van der Waals surface area contributed by atoms with E-state index >= 15 is 0 Å². The van der Waals surface area contributed by atoms with E-state index in [2.05, 4.69) is 5.32 Å². The van der Waals surface area contributed by atoms with Crippen molar-refractivity contribution < 1.29 is 22.4 Å². The normalized spacial score (nSPS) is 11.5. The number of hydrogen-bond acceptors (Lipinski definition) is 2. The molecule has 1 amide bonds. The third-order valence-corrected chi connectivity index (χ3v) is 3.02. The number of carbonyl (C=O) groups excluding carboxylic acids is 1. The van der Waals surface area contributed by atoms with E-state index in [1.165, 1.54) is 12.1 Å². The van der Waals surface area contributed by atoms with Crippen LogP contribution in [0.1, 0.15) is 33.0 Å². The molecule has 1 aromatic heterocycles. The van der Waals surface area contributed by atoms with Gasteiger partial charge in [-0.2, -0.15) is 13.2 Å². The molecule has 3 nitrogen and oxygen atoms in total. The van der Waals surface area contributed by atoms with Gasteiger partial charge in [-0.05, 0) is 37.6 Å². The first kappa shape index (κ1) is 15.2. The zero-order valence-corrected chi connectivity index (χ0v) is 11.5. The summed E-state index contributed by atoms with van der Waals surface area (Å²) in [5.74, 6) is 0.828. The number of nitrogens with one attached hydrogen (secondary N) is 1. The zero-order valence-electron chi connectivity index (χ0n) is 11.5. The van der Waals surface area contributed by atoms with Crippen LogP contribution in [0.2, 0.25) is 0 Å². The highest BCUT2D eigenvalue weighted by molar-refractivity contribution is 5.95. The number of amides is 1. The minimum atomic E-state index is -4.35. The Morgan fingerprint density at radius 3 is 2.29 bits per heavy atom. The summed E-state index contributed by atoms with van der Waals surface area (Å²) in [6.07, 6.45) is -4.35. The fourth-order valence-electron chi connectivity index (χ4n) is 1.95. The van der Waals surface area contributed by atoms with Crippen molar-refractivity contribution in [3.05, 3.63) is 58.5 Å². The molecule has 0 aliphatic rings. The molecule has 21 heavy (non-hydrogen) atoms. The van der Waals surface area contributed by atoms with Crippen LogP contribution in [0.5, 0.6) is 0 Å². The Bertz CT molecular complexity index is 642. The summed E-state index contributed by atoms with van der Waals surface area (Å²) in [5.41, 5.74) is 0.313. The van der Waals surface area contributed by atoms with E-state index in [1.54, 1.807) is 19.9 Å². The Kier molecular flexibility index (Phi) is 4.06. The van der Waals surface area contributed by atoms with Crippen LogP contribution in [0.4, 0.5) is 13.2 Å². The Labute approximate surface area is 119 Å². The second-order valence-corrected chi connectivity index (χ2v) is 4.70. The molecule has 1 N–H and O–H groups in total. The summed E-state index contributed by atoms with van der Waals surface area (Å²) in [4.78, 5) is 11.9. The van der Waals surface area contributed by atoms with Gasteiger partial charge in [0.15, 0.2) is 0 Å². The van der Waals surface area contributed by atoms with E-state index < -0.39 is 11.7 Å². The van der Waals surface area contributed by atoms with Crippen LogP contribution < -0.4 is 5.32 Å². The van der Waals surface area contributed by atoms with Gasteiger partial charge in [-0.25, -0.2) is 0 Å². The van der Waals surface area contributed by atoms with Gasteiger partial charge in [0.1, 0.15) is 11.5 Å². The first-order chi connectivity index (χ1) is 9.77. The van der Waals surface area contributed by atoms with Crippen LogP contribution in [0.3, 0.4) is 0 Å². The Balaban J connectivity index is 2.00. The summed E-state index contributed by atoms with van der Waals surface area (Å²) in [6, 6.07) is 6.30. The van der Waals surface area contributed by atoms with E-state index in [9.17, 15) is 18.0 Å².